The van der Waals surface area contributed by atoms with Crippen LogP contribution in [0.4, 0.5) is 0 Å². The van der Waals surface area contributed by atoms with Gasteiger partial charge in [-0.3, -0.25) is 14.5 Å². The van der Waals surface area contributed by atoms with Crippen molar-refractivity contribution in [2.75, 3.05) is 39.0 Å². The summed E-state index contributed by atoms with van der Waals surface area (Å²) in [6.45, 7) is 2.46. The fraction of sp³-hybridized carbons (Fsp3) is 0.462. The van der Waals surface area contributed by atoms with Gasteiger partial charge in [0.1, 0.15) is 0 Å². The topological polar surface area (TPSA) is 64.7 Å². The Labute approximate surface area is 200 Å². The zero-order chi connectivity index (χ0) is 23.3. The first-order valence-corrected chi connectivity index (χ1v) is 12.8. The highest BCUT2D eigenvalue weighted by molar-refractivity contribution is 7.96. The van der Waals surface area contributed by atoms with E-state index in [9.17, 15) is 9.59 Å². The van der Waals surface area contributed by atoms with Gasteiger partial charge in [-0.15, -0.1) is 6.42 Å². The molecule has 2 N–H and O–H groups in total. The average molecular weight is 465 g/mol. The summed E-state index contributed by atoms with van der Waals surface area (Å²) in [4.78, 5) is 26.7. The van der Waals surface area contributed by atoms with E-state index in [1.807, 2.05) is 6.26 Å². The standard InChI is InChI=1S/C26H32N4O2S/c1-3-15-27-24(31)18-28-25(32)19-30(33-2)21-11-16-29(17-12-21)26(13-14-26)23-10-6-8-20-7-4-5-9-22(20)23/h1,4-10,21H,11-19H2,2H3,(H,27,31)(H,28,32). The molecule has 1 heterocycles. The van der Waals surface area contributed by atoms with E-state index in [-0.39, 0.29) is 37.0 Å². The number of nitrogens with one attached hydrogen (secondary N) is 2. The maximum atomic E-state index is 12.4. The minimum atomic E-state index is -0.270. The van der Waals surface area contributed by atoms with Crippen LogP contribution in [0.1, 0.15) is 31.2 Å². The molecule has 6 nitrogen and oxygen atoms in total. The Morgan fingerprint density at radius 1 is 1.12 bits per heavy atom. The van der Waals surface area contributed by atoms with E-state index in [0.29, 0.717) is 6.04 Å². The Morgan fingerprint density at radius 2 is 1.85 bits per heavy atom. The molecule has 1 saturated heterocycles. The van der Waals surface area contributed by atoms with E-state index in [1.165, 1.54) is 29.2 Å². The first-order valence-electron chi connectivity index (χ1n) is 11.6. The molecule has 0 spiro atoms. The van der Waals surface area contributed by atoms with Crippen molar-refractivity contribution < 1.29 is 9.59 Å². The Bertz CT molecular complexity index is 1030. The Kier molecular flexibility index (Phi) is 7.59. The van der Waals surface area contributed by atoms with Crippen molar-refractivity contribution in [3.05, 3.63) is 48.0 Å². The highest BCUT2D eigenvalue weighted by atomic mass is 32.2. The fourth-order valence-electron chi connectivity index (χ4n) is 5.02. The molecule has 2 aromatic rings. The summed E-state index contributed by atoms with van der Waals surface area (Å²) in [5.74, 6) is 1.94. The van der Waals surface area contributed by atoms with Crippen LogP contribution < -0.4 is 10.6 Å². The summed E-state index contributed by atoms with van der Waals surface area (Å²) in [6.07, 6.45) is 11.6. The van der Waals surface area contributed by atoms with Gasteiger partial charge in [-0.05, 0) is 48.3 Å². The second kappa shape index (κ2) is 10.6. The molecule has 1 saturated carbocycles. The van der Waals surface area contributed by atoms with Gasteiger partial charge >= 0.3 is 0 Å². The number of hydrogen-bond donors (Lipinski definition) is 2. The smallest absolute Gasteiger partial charge is 0.240 e. The van der Waals surface area contributed by atoms with Crippen LogP contribution in [0.15, 0.2) is 42.5 Å². The number of fused-ring (bicyclic) bond motifs is 1. The molecule has 1 aliphatic carbocycles. The van der Waals surface area contributed by atoms with Crippen molar-refractivity contribution in [1.82, 2.24) is 19.8 Å². The first kappa shape index (κ1) is 23.6. The van der Waals surface area contributed by atoms with E-state index in [2.05, 4.69) is 68.2 Å². The lowest BCUT2D eigenvalue weighted by atomic mass is 9.93. The number of benzene rings is 2. The number of rotatable bonds is 9. The number of terminal acetylenes is 1. The minimum Gasteiger partial charge on any atom is -0.346 e. The van der Waals surface area contributed by atoms with Crippen LogP contribution in [0, 0.1) is 12.3 Å². The van der Waals surface area contributed by atoms with Crippen molar-refractivity contribution in [3.63, 3.8) is 0 Å². The van der Waals surface area contributed by atoms with Crippen molar-refractivity contribution in [2.45, 2.75) is 37.3 Å². The molecular formula is C26H32N4O2S. The zero-order valence-corrected chi connectivity index (χ0v) is 20.0. The van der Waals surface area contributed by atoms with Gasteiger partial charge in [0, 0.05) is 24.7 Å². The second-order valence-electron chi connectivity index (χ2n) is 8.79. The van der Waals surface area contributed by atoms with Gasteiger partial charge < -0.3 is 10.6 Å². The lowest BCUT2D eigenvalue weighted by Gasteiger charge is -2.41. The predicted octanol–water partition coefficient (Wildman–Crippen LogP) is 2.74. The molecule has 0 bridgehead atoms. The van der Waals surface area contributed by atoms with Crippen LogP contribution in [0.25, 0.3) is 10.8 Å². The van der Waals surface area contributed by atoms with Crippen molar-refractivity contribution in [1.29, 1.82) is 0 Å². The van der Waals surface area contributed by atoms with E-state index in [0.717, 1.165) is 25.9 Å². The largest absolute Gasteiger partial charge is 0.346 e. The molecule has 33 heavy (non-hydrogen) atoms. The maximum absolute atomic E-state index is 12.4. The molecule has 1 aliphatic heterocycles. The highest BCUT2D eigenvalue weighted by Gasteiger charge is 2.50. The summed E-state index contributed by atoms with van der Waals surface area (Å²) < 4.78 is 2.16. The van der Waals surface area contributed by atoms with Crippen molar-refractivity contribution in [2.24, 2.45) is 0 Å². The Balaban J connectivity index is 1.33. The number of hydrogen-bond acceptors (Lipinski definition) is 5. The van der Waals surface area contributed by atoms with Gasteiger partial charge in [0.05, 0.1) is 19.6 Å². The lowest BCUT2D eigenvalue weighted by Crippen LogP contribution is -2.49. The summed E-state index contributed by atoms with van der Waals surface area (Å²) >= 11 is 1.60. The molecule has 2 fully saturated rings. The average Bonchev–Trinajstić information content (AvgIpc) is 3.66. The van der Waals surface area contributed by atoms with Gasteiger partial charge in [0.15, 0.2) is 0 Å². The molecule has 4 rings (SSSR count). The van der Waals surface area contributed by atoms with Crippen LogP contribution in [-0.2, 0) is 15.1 Å². The summed E-state index contributed by atoms with van der Waals surface area (Å²) in [7, 11) is 0. The maximum Gasteiger partial charge on any atom is 0.240 e. The number of piperidine rings is 1. The molecule has 174 valence electrons. The first-order chi connectivity index (χ1) is 16.1. The Morgan fingerprint density at radius 3 is 2.55 bits per heavy atom. The van der Waals surface area contributed by atoms with Crippen LogP contribution in [-0.4, -0.2) is 66.0 Å². The molecule has 0 aromatic heterocycles. The van der Waals surface area contributed by atoms with E-state index < -0.39 is 0 Å². The molecule has 2 aromatic carbocycles. The normalized spacial score (nSPS) is 18.1. The molecule has 0 radical (unpaired) electrons. The third-order valence-electron chi connectivity index (χ3n) is 6.86. The number of carbonyl (C=O) groups excluding carboxylic acids is 2. The molecule has 2 aliphatic rings. The monoisotopic (exact) mass is 464 g/mol. The van der Waals surface area contributed by atoms with Gasteiger partial charge in [-0.1, -0.05) is 60.3 Å². The quantitative estimate of drug-likeness (QED) is 0.441. The molecule has 2 amide bonds. The summed E-state index contributed by atoms with van der Waals surface area (Å²) in [5.41, 5.74) is 1.63. The van der Waals surface area contributed by atoms with Crippen LogP contribution >= 0.6 is 11.9 Å². The number of amides is 2. The third-order valence-corrected chi connectivity index (χ3v) is 7.76. The van der Waals surface area contributed by atoms with E-state index >= 15 is 0 Å². The number of nitrogens with zero attached hydrogens (tertiary/aromatic N) is 2. The van der Waals surface area contributed by atoms with Crippen LogP contribution in [0.2, 0.25) is 0 Å². The number of carbonyl (C=O) groups is 2. The zero-order valence-electron chi connectivity index (χ0n) is 19.2. The second-order valence-corrected chi connectivity index (χ2v) is 9.63. The predicted molar refractivity (Wildman–Crippen MR) is 135 cm³/mol. The van der Waals surface area contributed by atoms with E-state index in [1.54, 1.807) is 11.9 Å². The van der Waals surface area contributed by atoms with Crippen LogP contribution in [0.5, 0.6) is 0 Å². The summed E-state index contributed by atoms with van der Waals surface area (Å²) in [6, 6.07) is 15.7. The molecular weight excluding hydrogens is 432 g/mol. The highest BCUT2D eigenvalue weighted by Crippen LogP contribution is 2.53. The minimum absolute atomic E-state index is 0.0469. The van der Waals surface area contributed by atoms with E-state index in [4.69, 9.17) is 6.42 Å². The number of likely N-dealkylation sites (tertiary alicyclic amines) is 1. The van der Waals surface area contributed by atoms with Crippen molar-refractivity contribution >= 4 is 34.5 Å². The van der Waals surface area contributed by atoms with Gasteiger partial charge in [0.25, 0.3) is 0 Å². The van der Waals surface area contributed by atoms with Gasteiger partial charge in [-0.25, -0.2) is 4.31 Å². The fourth-order valence-corrected chi connectivity index (χ4v) is 5.77. The molecule has 0 unspecified atom stereocenters. The molecule has 7 heteroatoms. The van der Waals surface area contributed by atoms with Crippen LogP contribution in [0.3, 0.4) is 0 Å². The summed E-state index contributed by atoms with van der Waals surface area (Å²) in [5, 5.41) is 7.92. The Hall–Kier alpha value is -2.53. The SMILES string of the molecule is C#CCNC(=O)CNC(=O)CN(SC)C1CCN(C2(c3cccc4ccccc34)CC2)CC1. The molecule has 0 atom stereocenters. The van der Waals surface area contributed by atoms with Gasteiger partial charge in [0.2, 0.25) is 11.8 Å². The van der Waals surface area contributed by atoms with Crippen molar-refractivity contribution in [3.8, 4) is 12.3 Å². The lowest BCUT2D eigenvalue weighted by molar-refractivity contribution is -0.126. The third kappa shape index (κ3) is 5.35. The van der Waals surface area contributed by atoms with Gasteiger partial charge in [-0.2, -0.15) is 0 Å².